The van der Waals surface area contributed by atoms with Gasteiger partial charge in [0.05, 0.1) is 13.7 Å². The molecule has 0 atom stereocenters. The number of anilines is 2. The van der Waals surface area contributed by atoms with Crippen LogP contribution in [0.25, 0.3) is 0 Å². The van der Waals surface area contributed by atoms with E-state index in [1.807, 2.05) is 30.3 Å². The summed E-state index contributed by atoms with van der Waals surface area (Å²) < 4.78 is 5.28. The first-order valence-corrected chi connectivity index (χ1v) is 8.07. The molecule has 1 N–H and O–H groups in total. The van der Waals surface area contributed by atoms with Crippen LogP contribution in [0.4, 0.5) is 11.5 Å². The van der Waals surface area contributed by atoms with Crippen molar-refractivity contribution in [1.82, 2.24) is 9.88 Å². The lowest BCUT2D eigenvalue weighted by atomic mass is 10.2. The van der Waals surface area contributed by atoms with E-state index in [2.05, 4.69) is 26.2 Å². The first kappa shape index (κ1) is 16.3. The molecule has 0 unspecified atom stereocenters. The molecule has 0 radical (unpaired) electrons. The fourth-order valence-electron chi connectivity index (χ4n) is 2.79. The number of rotatable bonds is 5. The van der Waals surface area contributed by atoms with E-state index >= 15 is 0 Å². The van der Waals surface area contributed by atoms with Crippen LogP contribution in [0, 0.1) is 0 Å². The average molecular weight is 326 g/mol. The number of aromatic nitrogens is 1. The van der Waals surface area contributed by atoms with Crippen molar-refractivity contribution >= 4 is 17.4 Å². The van der Waals surface area contributed by atoms with E-state index in [0.29, 0.717) is 12.4 Å². The van der Waals surface area contributed by atoms with Crippen molar-refractivity contribution in [3.63, 3.8) is 0 Å². The number of hydrogen-bond donors (Lipinski definition) is 1. The third-order valence-electron chi connectivity index (χ3n) is 4.09. The van der Waals surface area contributed by atoms with Gasteiger partial charge in [0.25, 0.3) is 0 Å². The van der Waals surface area contributed by atoms with E-state index in [1.165, 1.54) is 0 Å². The molecular weight excluding hydrogens is 304 g/mol. The maximum absolute atomic E-state index is 12.1. The number of nitrogens with one attached hydrogen (secondary N) is 1. The molecule has 2 aromatic rings. The first-order valence-electron chi connectivity index (χ1n) is 8.07. The second kappa shape index (κ2) is 7.79. The van der Waals surface area contributed by atoms with E-state index in [-0.39, 0.29) is 5.91 Å². The van der Waals surface area contributed by atoms with Crippen LogP contribution in [0.2, 0.25) is 0 Å². The summed E-state index contributed by atoms with van der Waals surface area (Å²) in [6.07, 6.45) is 1.67. The van der Waals surface area contributed by atoms with Crippen LogP contribution in [0.15, 0.2) is 48.7 Å². The summed E-state index contributed by atoms with van der Waals surface area (Å²) in [6.45, 7) is 3.89. The summed E-state index contributed by atoms with van der Waals surface area (Å²) in [5.41, 5.74) is 1.16. The largest absolute Gasteiger partial charge is 0.497 e. The molecule has 0 spiro atoms. The van der Waals surface area contributed by atoms with Gasteiger partial charge in [-0.15, -0.1) is 0 Å². The topological polar surface area (TPSA) is 57.7 Å². The van der Waals surface area contributed by atoms with Crippen molar-refractivity contribution < 1.29 is 9.53 Å². The Morgan fingerprint density at radius 1 is 1.17 bits per heavy atom. The van der Waals surface area contributed by atoms with E-state index in [9.17, 15) is 4.79 Å². The van der Waals surface area contributed by atoms with Gasteiger partial charge in [0.2, 0.25) is 5.91 Å². The second-order valence-corrected chi connectivity index (χ2v) is 5.73. The minimum atomic E-state index is -0.0245. The first-order chi connectivity index (χ1) is 11.7. The van der Waals surface area contributed by atoms with Gasteiger partial charge in [0.15, 0.2) is 0 Å². The van der Waals surface area contributed by atoms with Crippen LogP contribution < -0.4 is 15.0 Å². The highest BCUT2D eigenvalue weighted by Gasteiger charge is 2.19. The normalized spacial score (nSPS) is 15.1. The Morgan fingerprint density at radius 2 is 2.00 bits per heavy atom. The third-order valence-corrected chi connectivity index (χ3v) is 4.09. The molecule has 2 heterocycles. The Labute approximate surface area is 142 Å². The summed E-state index contributed by atoms with van der Waals surface area (Å²) in [7, 11) is 1.68. The predicted octanol–water partition coefficient (Wildman–Crippen LogP) is 1.85. The highest BCUT2D eigenvalue weighted by molar-refractivity contribution is 5.91. The van der Waals surface area contributed by atoms with Gasteiger partial charge >= 0.3 is 0 Å². The number of hydrogen-bond acceptors (Lipinski definition) is 5. The van der Waals surface area contributed by atoms with Gasteiger partial charge in [0, 0.05) is 44.1 Å². The molecule has 6 nitrogen and oxygen atoms in total. The summed E-state index contributed by atoms with van der Waals surface area (Å²) in [5, 5.41) is 2.83. The third kappa shape index (κ3) is 4.23. The van der Waals surface area contributed by atoms with Gasteiger partial charge in [-0.3, -0.25) is 9.69 Å². The van der Waals surface area contributed by atoms with Crippen LogP contribution in [-0.2, 0) is 4.79 Å². The van der Waals surface area contributed by atoms with Crippen molar-refractivity contribution in [3.8, 4) is 5.75 Å². The molecule has 0 aliphatic carbocycles. The van der Waals surface area contributed by atoms with Crippen LogP contribution >= 0.6 is 0 Å². The number of amides is 1. The van der Waals surface area contributed by atoms with Crippen molar-refractivity contribution in [1.29, 1.82) is 0 Å². The molecule has 24 heavy (non-hydrogen) atoms. The maximum Gasteiger partial charge on any atom is 0.239 e. The van der Waals surface area contributed by atoms with Gasteiger partial charge < -0.3 is 15.0 Å². The molecule has 1 aromatic carbocycles. The van der Waals surface area contributed by atoms with Crippen LogP contribution in [0.5, 0.6) is 5.75 Å². The van der Waals surface area contributed by atoms with Crippen molar-refractivity contribution in [2.24, 2.45) is 0 Å². The Kier molecular flexibility index (Phi) is 5.28. The molecule has 1 saturated heterocycles. The number of nitrogens with zero attached hydrogens (tertiary/aromatic N) is 3. The Hall–Kier alpha value is -2.60. The fraction of sp³-hybridized carbons (Fsp3) is 0.333. The summed E-state index contributed by atoms with van der Waals surface area (Å²) in [4.78, 5) is 20.7. The molecule has 1 aliphatic heterocycles. The number of carbonyl (C=O) groups excluding carboxylic acids is 1. The van der Waals surface area contributed by atoms with Gasteiger partial charge in [-0.25, -0.2) is 4.98 Å². The second-order valence-electron chi connectivity index (χ2n) is 5.73. The SMILES string of the molecule is COc1cccc(N2CCN(CC(=O)Nc3ccccn3)CC2)c1. The van der Waals surface area contributed by atoms with Crippen molar-refractivity contribution in [3.05, 3.63) is 48.7 Å². The molecule has 1 amide bonds. The molecule has 126 valence electrons. The standard InChI is InChI=1S/C18H22N4O2/c1-24-16-6-4-5-15(13-16)22-11-9-21(10-12-22)14-18(23)20-17-7-2-3-8-19-17/h2-8,13H,9-12,14H2,1H3,(H,19,20,23). The highest BCUT2D eigenvalue weighted by atomic mass is 16.5. The van der Waals surface area contributed by atoms with E-state index in [1.54, 1.807) is 19.4 Å². The molecule has 6 heteroatoms. The molecule has 0 bridgehead atoms. The van der Waals surface area contributed by atoms with Gasteiger partial charge in [-0.1, -0.05) is 12.1 Å². The zero-order valence-corrected chi connectivity index (χ0v) is 13.8. The van der Waals surface area contributed by atoms with Crippen molar-refractivity contribution in [2.75, 3.05) is 50.1 Å². The number of ether oxygens (including phenoxy) is 1. The minimum absolute atomic E-state index is 0.0245. The molecule has 1 aromatic heterocycles. The van der Waals surface area contributed by atoms with Crippen molar-refractivity contribution in [2.45, 2.75) is 0 Å². The molecule has 0 saturated carbocycles. The van der Waals surface area contributed by atoms with Gasteiger partial charge in [-0.2, -0.15) is 0 Å². The molecule has 1 aliphatic rings. The minimum Gasteiger partial charge on any atom is -0.497 e. The quantitative estimate of drug-likeness (QED) is 0.909. The lowest BCUT2D eigenvalue weighted by Gasteiger charge is -2.35. The number of benzene rings is 1. The lowest BCUT2D eigenvalue weighted by Crippen LogP contribution is -2.48. The number of methoxy groups -OCH3 is 1. The lowest BCUT2D eigenvalue weighted by molar-refractivity contribution is -0.117. The molecular formula is C18H22N4O2. The van der Waals surface area contributed by atoms with E-state index in [4.69, 9.17) is 4.74 Å². The fourth-order valence-corrected chi connectivity index (χ4v) is 2.79. The van der Waals surface area contributed by atoms with Crippen LogP contribution in [-0.4, -0.2) is 55.6 Å². The Bertz CT molecular complexity index is 670. The maximum atomic E-state index is 12.1. The van der Waals surface area contributed by atoms with Gasteiger partial charge in [0.1, 0.15) is 11.6 Å². The van der Waals surface area contributed by atoms with Crippen LogP contribution in [0.1, 0.15) is 0 Å². The van der Waals surface area contributed by atoms with E-state index in [0.717, 1.165) is 37.6 Å². The smallest absolute Gasteiger partial charge is 0.239 e. The monoisotopic (exact) mass is 326 g/mol. The Morgan fingerprint density at radius 3 is 2.71 bits per heavy atom. The zero-order valence-electron chi connectivity index (χ0n) is 13.8. The number of piperazine rings is 1. The number of carbonyl (C=O) groups is 1. The summed E-state index contributed by atoms with van der Waals surface area (Å²) in [5.74, 6) is 1.44. The summed E-state index contributed by atoms with van der Waals surface area (Å²) >= 11 is 0. The number of pyridine rings is 1. The highest BCUT2D eigenvalue weighted by Crippen LogP contribution is 2.22. The van der Waals surface area contributed by atoms with Crippen LogP contribution in [0.3, 0.4) is 0 Å². The summed E-state index contributed by atoms with van der Waals surface area (Å²) in [6, 6.07) is 13.6. The molecule has 3 rings (SSSR count). The van der Waals surface area contributed by atoms with E-state index < -0.39 is 0 Å². The Balaban J connectivity index is 1.49. The molecule has 1 fully saturated rings. The zero-order chi connectivity index (χ0) is 16.8. The average Bonchev–Trinajstić information content (AvgIpc) is 2.63. The predicted molar refractivity (Wildman–Crippen MR) is 94.5 cm³/mol. The van der Waals surface area contributed by atoms with Gasteiger partial charge in [-0.05, 0) is 24.3 Å².